The fraction of sp³-hybridized carbons (Fsp3) is 0.167. The molecule has 0 saturated heterocycles. The maximum Gasteiger partial charge on any atom is 0.318 e. The van der Waals surface area contributed by atoms with Gasteiger partial charge in [-0.2, -0.15) is 0 Å². The summed E-state index contributed by atoms with van der Waals surface area (Å²) in [5, 5.41) is 0. The van der Waals surface area contributed by atoms with Crippen molar-refractivity contribution in [3.05, 3.63) is 59.7 Å². The van der Waals surface area contributed by atoms with Crippen LogP contribution in [0.25, 0.3) is 12.2 Å². The van der Waals surface area contributed by atoms with Gasteiger partial charge in [0, 0.05) is 0 Å². The van der Waals surface area contributed by atoms with Crippen molar-refractivity contribution in [3.8, 4) is 0 Å². The van der Waals surface area contributed by atoms with Crippen molar-refractivity contribution in [2.45, 2.75) is 19.6 Å². The zero-order valence-electron chi connectivity index (χ0n) is 13.1. The minimum absolute atomic E-state index is 0.0530. The highest BCUT2D eigenvalue weighted by molar-refractivity contribution is 6.76. The van der Waals surface area contributed by atoms with Crippen LogP contribution in [0.1, 0.15) is 11.1 Å². The Morgan fingerprint density at radius 2 is 1.32 bits per heavy atom. The molecule has 112 valence electrons. The summed E-state index contributed by atoms with van der Waals surface area (Å²) < 4.78 is 0. The number of anilines is 2. The van der Waals surface area contributed by atoms with Crippen molar-refractivity contribution >= 4 is 37.8 Å². The van der Waals surface area contributed by atoms with Crippen LogP contribution in [0.15, 0.2) is 48.5 Å². The number of carbonyl (C=O) groups is 1. The number of hydrogen-bond acceptors (Lipinski definition) is 1. The van der Waals surface area contributed by atoms with Gasteiger partial charge in [0.2, 0.25) is 0 Å². The molecule has 0 fully saturated rings. The normalized spacial score (nSPS) is 13.1. The Morgan fingerprint density at radius 3 is 1.77 bits per heavy atom. The third kappa shape index (κ3) is 2.83. The van der Waals surface area contributed by atoms with Gasteiger partial charge in [-0.3, -0.25) is 4.90 Å². The monoisotopic (exact) mass is 308 g/mol. The molecule has 1 heterocycles. The van der Waals surface area contributed by atoms with Crippen LogP contribution < -0.4 is 9.88 Å². The van der Waals surface area contributed by atoms with Crippen LogP contribution >= 0.6 is 0 Å². The zero-order chi connectivity index (χ0) is 15.7. The summed E-state index contributed by atoms with van der Waals surface area (Å²) in [5.41, 5.74) is 3.92. The molecule has 0 unspecified atom stereocenters. The van der Waals surface area contributed by atoms with Crippen molar-refractivity contribution in [2.24, 2.45) is 0 Å². The molecule has 0 spiro atoms. The van der Waals surface area contributed by atoms with Crippen LogP contribution in [0.4, 0.5) is 16.2 Å². The van der Waals surface area contributed by atoms with Gasteiger partial charge in [-0.05, 0) is 23.3 Å². The van der Waals surface area contributed by atoms with Gasteiger partial charge in [0.25, 0.3) is 0 Å². The van der Waals surface area contributed by atoms with Crippen molar-refractivity contribution in [1.29, 1.82) is 0 Å². The van der Waals surface area contributed by atoms with Gasteiger partial charge >= 0.3 is 6.03 Å². The molecule has 0 bridgehead atoms. The molecule has 0 radical (unpaired) electrons. The van der Waals surface area contributed by atoms with Crippen LogP contribution in [-0.4, -0.2) is 14.3 Å². The van der Waals surface area contributed by atoms with Gasteiger partial charge in [0.15, 0.2) is 0 Å². The lowest BCUT2D eigenvalue weighted by molar-refractivity contribution is 0.253. The van der Waals surface area contributed by atoms with Crippen LogP contribution in [0.3, 0.4) is 0 Å². The summed E-state index contributed by atoms with van der Waals surface area (Å²) in [6, 6.07) is 15.9. The van der Waals surface area contributed by atoms with E-state index in [1.54, 1.807) is 4.90 Å². The molecular weight excluding hydrogens is 288 g/mol. The van der Waals surface area contributed by atoms with Crippen molar-refractivity contribution in [1.82, 2.24) is 4.98 Å². The molecule has 0 aromatic heterocycles. The van der Waals surface area contributed by atoms with Crippen LogP contribution in [0.2, 0.25) is 19.6 Å². The number of urea groups is 1. The van der Waals surface area contributed by atoms with Crippen LogP contribution in [0, 0.1) is 0 Å². The topological polar surface area (TPSA) is 32.3 Å². The van der Waals surface area contributed by atoms with Gasteiger partial charge in [-0.1, -0.05) is 68.2 Å². The first-order valence-corrected chi connectivity index (χ1v) is 10.9. The average molecular weight is 308 g/mol. The number of nitrogens with one attached hydrogen (secondary N) is 1. The highest BCUT2D eigenvalue weighted by Gasteiger charge is 2.27. The third-order valence-corrected chi connectivity index (χ3v) is 4.45. The van der Waals surface area contributed by atoms with E-state index in [9.17, 15) is 4.79 Å². The largest absolute Gasteiger partial charge is 0.364 e. The molecule has 2 amide bonds. The van der Waals surface area contributed by atoms with E-state index in [1.165, 1.54) is 0 Å². The molecule has 1 aliphatic rings. The SMILES string of the molecule is C[Si](C)(C)NC(=O)N1c2ccccc2C=Cc2ccccc21. The number of rotatable bonds is 1. The molecule has 0 aliphatic carbocycles. The molecule has 3 nitrogen and oxygen atoms in total. The van der Waals surface area contributed by atoms with Crippen molar-refractivity contribution in [2.75, 3.05) is 4.90 Å². The smallest absolute Gasteiger partial charge is 0.318 e. The Bertz CT molecular complexity index is 697. The number of nitrogens with zero attached hydrogens (tertiary/aromatic N) is 1. The number of carbonyl (C=O) groups excluding carboxylic acids is 1. The van der Waals surface area contributed by atoms with E-state index in [2.05, 4.69) is 36.8 Å². The number of benzene rings is 2. The maximum atomic E-state index is 12.9. The summed E-state index contributed by atoms with van der Waals surface area (Å²) in [6.07, 6.45) is 4.13. The summed E-state index contributed by atoms with van der Waals surface area (Å²) in [4.78, 5) is 17.9. The zero-order valence-corrected chi connectivity index (χ0v) is 14.1. The second-order valence-electron chi connectivity index (χ2n) is 6.47. The lowest BCUT2D eigenvalue weighted by Crippen LogP contribution is -2.50. The predicted molar refractivity (Wildman–Crippen MR) is 95.8 cm³/mol. The van der Waals surface area contributed by atoms with Crippen molar-refractivity contribution in [3.63, 3.8) is 0 Å². The molecule has 0 saturated carbocycles. The Morgan fingerprint density at radius 1 is 0.864 bits per heavy atom. The molecule has 22 heavy (non-hydrogen) atoms. The van der Waals surface area contributed by atoms with E-state index in [1.807, 2.05) is 48.5 Å². The van der Waals surface area contributed by atoms with Gasteiger partial charge in [-0.15, -0.1) is 0 Å². The minimum atomic E-state index is -1.72. The lowest BCUT2D eigenvalue weighted by atomic mass is 10.1. The number of amides is 2. The summed E-state index contributed by atoms with van der Waals surface area (Å²) in [7, 11) is -1.72. The van der Waals surface area contributed by atoms with E-state index >= 15 is 0 Å². The number of fused-ring (bicyclic) bond motifs is 2. The number of para-hydroxylation sites is 2. The van der Waals surface area contributed by atoms with Gasteiger partial charge in [0.1, 0.15) is 8.24 Å². The second-order valence-corrected chi connectivity index (χ2v) is 11.2. The standard InChI is InChI=1S/C18H20N2OSi/c1-22(2,3)19-18(21)20-16-10-6-4-8-14(16)12-13-15-9-5-7-11-17(15)20/h4-13H,1-3H3,(H,19,21). The van der Waals surface area contributed by atoms with E-state index in [-0.39, 0.29) is 6.03 Å². The van der Waals surface area contributed by atoms with Gasteiger partial charge in [0.05, 0.1) is 11.4 Å². The summed E-state index contributed by atoms with van der Waals surface area (Å²) in [5.74, 6) is 0. The Balaban J connectivity index is 2.15. The fourth-order valence-corrected chi connectivity index (χ4v) is 3.32. The van der Waals surface area contributed by atoms with Crippen molar-refractivity contribution < 1.29 is 4.79 Å². The first-order chi connectivity index (χ1) is 10.5. The first-order valence-electron chi connectivity index (χ1n) is 7.44. The fourth-order valence-electron chi connectivity index (χ4n) is 2.57. The van der Waals surface area contributed by atoms with Crippen LogP contribution in [0.5, 0.6) is 0 Å². The molecule has 2 aromatic rings. The van der Waals surface area contributed by atoms with Gasteiger partial charge < -0.3 is 4.98 Å². The Labute approximate surface area is 132 Å². The second kappa shape index (κ2) is 5.46. The third-order valence-electron chi connectivity index (χ3n) is 3.48. The first kappa shape index (κ1) is 14.6. The summed E-state index contributed by atoms with van der Waals surface area (Å²) >= 11 is 0. The maximum absolute atomic E-state index is 12.9. The molecule has 0 atom stereocenters. The highest BCUT2D eigenvalue weighted by atomic mass is 28.3. The van der Waals surface area contributed by atoms with Gasteiger partial charge in [-0.25, -0.2) is 4.79 Å². The Hall–Kier alpha value is -2.33. The van der Waals surface area contributed by atoms with E-state index in [0.29, 0.717) is 0 Å². The summed E-state index contributed by atoms with van der Waals surface area (Å²) in [6.45, 7) is 6.37. The van der Waals surface area contributed by atoms with E-state index in [4.69, 9.17) is 0 Å². The lowest BCUT2D eigenvalue weighted by Gasteiger charge is -2.28. The minimum Gasteiger partial charge on any atom is -0.364 e. The molecule has 1 N–H and O–H groups in total. The van der Waals surface area contributed by atoms with E-state index in [0.717, 1.165) is 22.5 Å². The predicted octanol–water partition coefficient (Wildman–Crippen LogP) is 4.85. The Kier molecular flexibility index (Phi) is 3.62. The highest BCUT2D eigenvalue weighted by Crippen LogP contribution is 2.36. The average Bonchev–Trinajstić information content (AvgIpc) is 2.62. The number of hydrogen-bond donors (Lipinski definition) is 1. The molecular formula is C18H20N2OSi. The molecule has 2 aromatic carbocycles. The molecule has 4 heteroatoms. The molecule has 1 aliphatic heterocycles. The molecule has 3 rings (SSSR count). The quantitative estimate of drug-likeness (QED) is 0.750. The van der Waals surface area contributed by atoms with E-state index < -0.39 is 8.24 Å². The van der Waals surface area contributed by atoms with Crippen LogP contribution in [-0.2, 0) is 0 Å².